The fourth-order valence-electron chi connectivity index (χ4n) is 2.92. The van der Waals surface area contributed by atoms with Crippen molar-refractivity contribution in [3.05, 3.63) is 59.9 Å². The molecule has 0 saturated carbocycles. The van der Waals surface area contributed by atoms with E-state index in [-0.39, 0.29) is 30.0 Å². The molecular weight excluding hydrogens is 395 g/mol. The van der Waals surface area contributed by atoms with Crippen molar-refractivity contribution in [1.29, 1.82) is 0 Å². The minimum Gasteiger partial charge on any atom is -0.455 e. The highest BCUT2D eigenvalue weighted by atomic mass is 32.2. The van der Waals surface area contributed by atoms with Gasteiger partial charge in [-0.1, -0.05) is 18.2 Å². The molecule has 6 nitrogen and oxygen atoms in total. The Morgan fingerprint density at radius 1 is 1.17 bits per heavy atom. The molecule has 0 bridgehead atoms. The van der Waals surface area contributed by atoms with E-state index in [4.69, 9.17) is 4.74 Å². The van der Waals surface area contributed by atoms with Crippen LogP contribution in [-0.2, 0) is 25.5 Å². The van der Waals surface area contributed by atoms with Gasteiger partial charge in [-0.2, -0.15) is 0 Å². The highest BCUT2D eigenvalue weighted by Gasteiger charge is 2.26. The van der Waals surface area contributed by atoms with Gasteiger partial charge in [0, 0.05) is 17.9 Å². The second kappa shape index (κ2) is 9.56. The van der Waals surface area contributed by atoms with Gasteiger partial charge in [-0.05, 0) is 49.2 Å². The Bertz CT molecular complexity index is 904. The predicted octanol–water partition coefficient (Wildman–Crippen LogP) is 3.02. The summed E-state index contributed by atoms with van der Waals surface area (Å²) < 4.78 is 18.0. The van der Waals surface area contributed by atoms with Gasteiger partial charge in [0.25, 0.3) is 5.91 Å². The average molecular weight is 416 g/mol. The van der Waals surface area contributed by atoms with Crippen LogP contribution in [0.3, 0.4) is 0 Å². The molecule has 8 heteroatoms. The predicted molar refractivity (Wildman–Crippen MR) is 110 cm³/mol. The Morgan fingerprint density at radius 2 is 1.90 bits per heavy atom. The van der Waals surface area contributed by atoms with Crippen molar-refractivity contribution < 1.29 is 23.5 Å². The van der Waals surface area contributed by atoms with E-state index in [9.17, 15) is 18.8 Å². The molecule has 0 radical (unpaired) electrons. The van der Waals surface area contributed by atoms with E-state index in [0.29, 0.717) is 12.2 Å². The second-order valence-electron chi connectivity index (χ2n) is 6.54. The summed E-state index contributed by atoms with van der Waals surface area (Å²) >= 11 is 1.10. The molecule has 1 N–H and O–H groups in total. The van der Waals surface area contributed by atoms with Crippen LogP contribution in [0.4, 0.5) is 15.8 Å². The SMILES string of the molecule is C[C@@H](SCC(=O)Nc1ccc(F)cc1)C(=O)OCC(=O)N1CCc2ccccc21. The molecule has 1 heterocycles. The number of amides is 2. The maximum atomic E-state index is 12.9. The molecule has 1 atom stereocenters. The average Bonchev–Trinajstić information content (AvgIpc) is 3.16. The van der Waals surface area contributed by atoms with Crippen LogP contribution in [0, 0.1) is 5.82 Å². The van der Waals surface area contributed by atoms with E-state index in [1.54, 1.807) is 11.8 Å². The lowest BCUT2D eigenvalue weighted by atomic mass is 10.2. The van der Waals surface area contributed by atoms with Crippen molar-refractivity contribution in [3.63, 3.8) is 0 Å². The van der Waals surface area contributed by atoms with E-state index < -0.39 is 11.2 Å². The number of benzene rings is 2. The fourth-order valence-corrected chi connectivity index (χ4v) is 3.60. The zero-order valence-electron chi connectivity index (χ0n) is 15.9. The molecule has 152 valence electrons. The Kier molecular flexibility index (Phi) is 6.87. The number of fused-ring (bicyclic) bond motifs is 1. The van der Waals surface area contributed by atoms with Crippen LogP contribution in [0.1, 0.15) is 12.5 Å². The number of esters is 1. The van der Waals surface area contributed by atoms with Crippen LogP contribution < -0.4 is 10.2 Å². The number of hydrogen-bond donors (Lipinski definition) is 1. The first-order chi connectivity index (χ1) is 13.9. The third-order valence-corrected chi connectivity index (χ3v) is 5.57. The molecule has 3 rings (SSSR count). The molecule has 1 aliphatic rings. The molecular formula is C21H21FN2O4S. The largest absolute Gasteiger partial charge is 0.455 e. The van der Waals surface area contributed by atoms with Gasteiger partial charge in [-0.15, -0.1) is 11.8 Å². The third-order valence-electron chi connectivity index (χ3n) is 4.45. The fraction of sp³-hybridized carbons (Fsp3) is 0.286. The van der Waals surface area contributed by atoms with Gasteiger partial charge < -0.3 is 15.0 Å². The van der Waals surface area contributed by atoms with Gasteiger partial charge in [0.1, 0.15) is 11.1 Å². The number of anilines is 2. The third kappa shape index (κ3) is 5.57. The van der Waals surface area contributed by atoms with Crippen LogP contribution >= 0.6 is 11.8 Å². The second-order valence-corrected chi connectivity index (χ2v) is 7.87. The van der Waals surface area contributed by atoms with E-state index in [1.165, 1.54) is 24.3 Å². The molecule has 0 unspecified atom stereocenters. The Morgan fingerprint density at radius 3 is 2.66 bits per heavy atom. The van der Waals surface area contributed by atoms with Crippen molar-refractivity contribution in [2.75, 3.05) is 29.1 Å². The summed E-state index contributed by atoms with van der Waals surface area (Å²) in [6.07, 6.45) is 0.783. The molecule has 2 amide bonds. The van der Waals surface area contributed by atoms with E-state index >= 15 is 0 Å². The topological polar surface area (TPSA) is 75.7 Å². The quantitative estimate of drug-likeness (QED) is 0.703. The number of nitrogens with zero attached hydrogens (tertiary/aromatic N) is 1. The number of thioether (sulfide) groups is 1. The number of carbonyl (C=O) groups excluding carboxylic acids is 3. The molecule has 2 aromatic rings. The van der Waals surface area contributed by atoms with Gasteiger partial charge in [0.2, 0.25) is 5.91 Å². The van der Waals surface area contributed by atoms with E-state index in [0.717, 1.165) is 29.4 Å². The number of hydrogen-bond acceptors (Lipinski definition) is 5. The summed E-state index contributed by atoms with van der Waals surface area (Å²) in [6, 6.07) is 13.1. The molecule has 29 heavy (non-hydrogen) atoms. The normalized spacial score (nSPS) is 13.5. The zero-order chi connectivity index (χ0) is 20.8. The van der Waals surface area contributed by atoms with Crippen molar-refractivity contribution in [2.24, 2.45) is 0 Å². The Hall–Kier alpha value is -2.87. The monoisotopic (exact) mass is 416 g/mol. The Balaban J connectivity index is 1.40. The molecule has 2 aromatic carbocycles. The van der Waals surface area contributed by atoms with Crippen molar-refractivity contribution >= 4 is 40.9 Å². The first-order valence-electron chi connectivity index (χ1n) is 9.16. The van der Waals surface area contributed by atoms with E-state index in [2.05, 4.69) is 5.32 Å². The zero-order valence-corrected chi connectivity index (χ0v) is 16.7. The number of rotatable bonds is 7. The highest BCUT2D eigenvalue weighted by molar-refractivity contribution is 8.01. The Labute approximate surface area is 172 Å². The van der Waals surface area contributed by atoms with Gasteiger partial charge in [0.05, 0.1) is 5.75 Å². The lowest BCUT2D eigenvalue weighted by Crippen LogP contribution is -2.34. The van der Waals surface area contributed by atoms with Crippen molar-refractivity contribution in [1.82, 2.24) is 0 Å². The number of ether oxygens (including phenoxy) is 1. The highest BCUT2D eigenvalue weighted by Crippen LogP contribution is 2.27. The molecule has 0 aromatic heterocycles. The summed E-state index contributed by atoms with van der Waals surface area (Å²) in [5, 5.41) is 2.02. The van der Waals surface area contributed by atoms with Gasteiger partial charge in [-0.25, -0.2) is 4.39 Å². The smallest absolute Gasteiger partial charge is 0.319 e. The number of para-hydroxylation sites is 1. The first kappa shape index (κ1) is 20.9. The maximum absolute atomic E-state index is 12.9. The number of nitrogens with one attached hydrogen (secondary N) is 1. The standard InChI is InChI=1S/C21H21FN2O4S/c1-14(29-13-19(25)23-17-8-6-16(22)7-9-17)21(27)28-12-20(26)24-11-10-15-4-2-3-5-18(15)24/h2-9,14H,10-13H2,1H3,(H,23,25)/t14-/m1/s1. The lowest BCUT2D eigenvalue weighted by molar-refractivity contribution is -0.146. The van der Waals surface area contributed by atoms with Crippen LogP contribution in [-0.4, -0.2) is 41.9 Å². The summed E-state index contributed by atoms with van der Waals surface area (Å²) in [6.45, 7) is 1.86. The minimum atomic E-state index is -0.604. The summed E-state index contributed by atoms with van der Waals surface area (Å²) in [5.41, 5.74) is 2.43. The van der Waals surface area contributed by atoms with Gasteiger partial charge >= 0.3 is 5.97 Å². The first-order valence-corrected chi connectivity index (χ1v) is 10.2. The summed E-state index contributed by atoms with van der Waals surface area (Å²) in [5.74, 6) is -1.49. The summed E-state index contributed by atoms with van der Waals surface area (Å²) in [7, 11) is 0. The molecule has 0 spiro atoms. The lowest BCUT2D eigenvalue weighted by Gasteiger charge is -2.18. The van der Waals surface area contributed by atoms with Crippen LogP contribution in [0.15, 0.2) is 48.5 Å². The van der Waals surface area contributed by atoms with Crippen molar-refractivity contribution in [3.8, 4) is 0 Å². The van der Waals surface area contributed by atoms with Gasteiger partial charge in [0.15, 0.2) is 6.61 Å². The maximum Gasteiger partial charge on any atom is 0.319 e. The molecule has 0 fully saturated rings. The molecule has 0 aliphatic carbocycles. The summed E-state index contributed by atoms with van der Waals surface area (Å²) in [4.78, 5) is 38.1. The van der Waals surface area contributed by atoms with Crippen LogP contribution in [0.2, 0.25) is 0 Å². The number of carbonyl (C=O) groups is 3. The molecule has 0 saturated heterocycles. The number of halogens is 1. The van der Waals surface area contributed by atoms with E-state index in [1.807, 2.05) is 24.3 Å². The van der Waals surface area contributed by atoms with Crippen molar-refractivity contribution in [2.45, 2.75) is 18.6 Å². The minimum absolute atomic E-state index is 0.0289. The van der Waals surface area contributed by atoms with Gasteiger partial charge in [-0.3, -0.25) is 14.4 Å². The molecule has 1 aliphatic heterocycles. The van der Waals surface area contributed by atoms with Crippen LogP contribution in [0.5, 0.6) is 0 Å². The van der Waals surface area contributed by atoms with Crippen LogP contribution in [0.25, 0.3) is 0 Å².